The molecule has 0 saturated heterocycles. The summed E-state index contributed by atoms with van der Waals surface area (Å²) in [5.74, 6) is -3.89. The maximum atomic E-state index is 12.2. The van der Waals surface area contributed by atoms with Gasteiger partial charge in [-0.05, 0) is 13.8 Å². The maximum absolute atomic E-state index is 12.2. The molecule has 0 aliphatic heterocycles. The van der Waals surface area contributed by atoms with Crippen LogP contribution < -0.4 is 5.32 Å². The van der Waals surface area contributed by atoms with Crippen molar-refractivity contribution in [3.8, 4) is 0 Å². The van der Waals surface area contributed by atoms with Gasteiger partial charge >= 0.3 is 18.1 Å². The van der Waals surface area contributed by atoms with Gasteiger partial charge in [0.1, 0.15) is 0 Å². The van der Waals surface area contributed by atoms with E-state index in [0.29, 0.717) is 5.69 Å². The zero-order valence-electron chi connectivity index (χ0n) is 10.4. The number of carbonyl (C=O) groups is 2. The van der Waals surface area contributed by atoms with E-state index in [1.54, 1.807) is 0 Å². The predicted octanol–water partition coefficient (Wildman–Crippen LogP) is 0.841. The molecular formula is C10H12F3N3O3. The minimum absolute atomic E-state index is 0.0487. The number of amides is 1. The van der Waals surface area contributed by atoms with Crippen LogP contribution in [0.2, 0.25) is 0 Å². The SMILES string of the molecule is Cc1nn(C)c(C)c1C(NC(=O)C(F)(F)F)C(=O)O. The maximum Gasteiger partial charge on any atom is 0.471 e. The molecule has 9 heteroatoms. The highest BCUT2D eigenvalue weighted by molar-refractivity contribution is 5.87. The average molecular weight is 279 g/mol. The van der Waals surface area contributed by atoms with E-state index >= 15 is 0 Å². The van der Waals surface area contributed by atoms with Gasteiger partial charge in [-0.2, -0.15) is 18.3 Å². The van der Waals surface area contributed by atoms with Gasteiger partial charge in [0.15, 0.2) is 6.04 Å². The third kappa shape index (κ3) is 3.04. The number of aryl methyl sites for hydroxylation is 2. The first-order chi connectivity index (χ1) is 8.55. The summed E-state index contributed by atoms with van der Waals surface area (Å²) < 4.78 is 37.8. The fourth-order valence-electron chi connectivity index (χ4n) is 1.68. The second-order valence-electron chi connectivity index (χ2n) is 3.95. The molecule has 0 radical (unpaired) electrons. The van der Waals surface area contributed by atoms with E-state index in [4.69, 9.17) is 5.11 Å². The minimum Gasteiger partial charge on any atom is -0.479 e. The fourth-order valence-corrected chi connectivity index (χ4v) is 1.68. The standard InChI is InChI=1S/C10H12F3N3O3/c1-4-6(5(2)16(3)15-4)7(8(17)18)14-9(19)10(11,12)13/h7H,1-3H3,(H,14,19)(H,17,18). The molecule has 1 amide bonds. The average Bonchev–Trinajstić information content (AvgIpc) is 2.48. The largest absolute Gasteiger partial charge is 0.479 e. The Bertz CT molecular complexity index is 522. The van der Waals surface area contributed by atoms with Gasteiger partial charge in [0.2, 0.25) is 0 Å². The van der Waals surface area contributed by atoms with E-state index in [2.05, 4.69) is 5.10 Å². The summed E-state index contributed by atoms with van der Waals surface area (Å²) in [4.78, 5) is 21.9. The van der Waals surface area contributed by atoms with Crippen molar-refractivity contribution < 1.29 is 27.9 Å². The Balaban J connectivity index is 3.16. The van der Waals surface area contributed by atoms with Crippen molar-refractivity contribution in [1.82, 2.24) is 15.1 Å². The molecule has 1 unspecified atom stereocenters. The topological polar surface area (TPSA) is 84.2 Å². The first kappa shape index (κ1) is 15.0. The van der Waals surface area contributed by atoms with Gasteiger partial charge in [0.05, 0.1) is 5.69 Å². The van der Waals surface area contributed by atoms with E-state index in [-0.39, 0.29) is 11.3 Å². The quantitative estimate of drug-likeness (QED) is 0.858. The van der Waals surface area contributed by atoms with Gasteiger partial charge in [0.25, 0.3) is 0 Å². The number of carboxylic acids is 1. The molecule has 0 bridgehead atoms. The summed E-state index contributed by atoms with van der Waals surface area (Å²) in [5, 5.41) is 14.3. The third-order valence-corrected chi connectivity index (χ3v) is 2.63. The van der Waals surface area contributed by atoms with Gasteiger partial charge < -0.3 is 10.4 Å². The molecule has 19 heavy (non-hydrogen) atoms. The summed E-state index contributed by atoms with van der Waals surface area (Å²) in [7, 11) is 1.52. The van der Waals surface area contributed by atoms with Crippen molar-refractivity contribution in [2.45, 2.75) is 26.1 Å². The molecule has 2 N–H and O–H groups in total. The zero-order chi connectivity index (χ0) is 15.0. The van der Waals surface area contributed by atoms with Gasteiger partial charge in [-0.15, -0.1) is 0 Å². The minimum atomic E-state index is -5.14. The Kier molecular flexibility index (Phi) is 3.87. The Morgan fingerprint density at radius 2 is 1.89 bits per heavy atom. The van der Waals surface area contributed by atoms with Crippen LogP contribution in [-0.2, 0) is 16.6 Å². The molecular weight excluding hydrogens is 267 g/mol. The molecule has 0 aliphatic carbocycles. The van der Waals surface area contributed by atoms with Gasteiger partial charge in [0, 0.05) is 18.3 Å². The molecule has 1 atom stereocenters. The molecule has 1 rings (SSSR count). The summed E-state index contributed by atoms with van der Waals surface area (Å²) in [6, 6.07) is -1.79. The van der Waals surface area contributed by atoms with Crippen LogP contribution in [0.3, 0.4) is 0 Å². The molecule has 0 saturated carbocycles. The number of carboxylic acid groups (broad SMARTS) is 1. The fraction of sp³-hybridized carbons (Fsp3) is 0.500. The number of hydrogen-bond donors (Lipinski definition) is 2. The van der Waals surface area contributed by atoms with Crippen molar-refractivity contribution in [3.63, 3.8) is 0 Å². The Hall–Kier alpha value is -2.06. The molecule has 0 aliphatic rings. The van der Waals surface area contributed by atoms with E-state index in [9.17, 15) is 22.8 Å². The lowest BCUT2D eigenvalue weighted by Crippen LogP contribution is -2.42. The number of aliphatic carboxylic acids is 1. The van der Waals surface area contributed by atoms with Crippen molar-refractivity contribution in [2.24, 2.45) is 7.05 Å². The number of aromatic nitrogens is 2. The summed E-state index contributed by atoms with van der Waals surface area (Å²) in [5.41, 5.74) is 0.662. The zero-order valence-corrected chi connectivity index (χ0v) is 10.4. The molecule has 0 spiro atoms. The highest BCUT2D eigenvalue weighted by atomic mass is 19.4. The van der Waals surface area contributed by atoms with Gasteiger partial charge in [-0.25, -0.2) is 4.79 Å². The molecule has 106 valence electrons. The molecule has 1 aromatic rings. The number of rotatable bonds is 3. The Morgan fingerprint density at radius 3 is 2.21 bits per heavy atom. The van der Waals surface area contributed by atoms with Crippen LogP contribution in [0, 0.1) is 13.8 Å². The number of halogens is 3. The lowest BCUT2D eigenvalue weighted by atomic mass is 10.0. The van der Waals surface area contributed by atoms with Crippen LogP contribution in [-0.4, -0.2) is 32.9 Å². The number of hydrogen-bond acceptors (Lipinski definition) is 3. The van der Waals surface area contributed by atoms with Crippen LogP contribution in [0.15, 0.2) is 0 Å². The Labute approximate surface area is 106 Å². The third-order valence-electron chi connectivity index (χ3n) is 2.63. The van der Waals surface area contributed by atoms with E-state index in [0.717, 1.165) is 0 Å². The lowest BCUT2D eigenvalue weighted by molar-refractivity contribution is -0.175. The number of alkyl halides is 3. The lowest BCUT2D eigenvalue weighted by Gasteiger charge is -2.16. The first-order valence-corrected chi connectivity index (χ1v) is 5.16. The van der Waals surface area contributed by atoms with E-state index < -0.39 is 24.1 Å². The van der Waals surface area contributed by atoms with Gasteiger partial charge in [-0.3, -0.25) is 9.48 Å². The number of nitrogens with one attached hydrogen (secondary N) is 1. The second kappa shape index (κ2) is 4.90. The van der Waals surface area contributed by atoms with Crippen LogP contribution in [0.1, 0.15) is 23.0 Å². The van der Waals surface area contributed by atoms with E-state index in [1.807, 2.05) is 0 Å². The van der Waals surface area contributed by atoms with Crippen LogP contribution >= 0.6 is 0 Å². The van der Waals surface area contributed by atoms with Crippen LogP contribution in [0.5, 0.6) is 0 Å². The smallest absolute Gasteiger partial charge is 0.471 e. The molecule has 0 fully saturated rings. The predicted molar refractivity (Wildman–Crippen MR) is 57.3 cm³/mol. The summed E-state index contributed by atoms with van der Waals surface area (Å²) >= 11 is 0. The highest BCUT2D eigenvalue weighted by Crippen LogP contribution is 2.23. The van der Waals surface area contributed by atoms with Crippen molar-refractivity contribution in [1.29, 1.82) is 0 Å². The van der Waals surface area contributed by atoms with Crippen LogP contribution in [0.25, 0.3) is 0 Å². The van der Waals surface area contributed by atoms with Crippen molar-refractivity contribution >= 4 is 11.9 Å². The Morgan fingerprint density at radius 1 is 1.37 bits per heavy atom. The second-order valence-corrected chi connectivity index (χ2v) is 3.95. The van der Waals surface area contributed by atoms with Gasteiger partial charge in [-0.1, -0.05) is 0 Å². The molecule has 1 heterocycles. The first-order valence-electron chi connectivity index (χ1n) is 5.16. The normalized spacial score (nSPS) is 13.2. The van der Waals surface area contributed by atoms with E-state index in [1.165, 1.54) is 30.9 Å². The van der Waals surface area contributed by atoms with Crippen molar-refractivity contribution in [2.75, 3.05) is 0 Å². The monoisotopic (exact) mass is 279 g/mol. The molecule has 1 aromatic heterocycles. The number of carbonyl (C=O) groups excluding carboxylic acids is 1. The summed E-state index contributed by atoms with van der Waals surface area (Å²) in [6.07, 6.45) is -5.14. The van der Waals surface area contributed by atoms with Crippen LogP contribution in [0.4, 0.5) is 13.2 Å². The highest BCUT2D eigenvalue weighted by Gasteiger charge is 2.42. The molecule has 0 aromatic carbocycles. The number of nitrogens with zero attached hydrogens (tertiary/aromatic N) is 2. The molecule has 6 nitrogen and oxygen atoms in total. The summed E-state index contributed by atoms with van der Waals surface area (Å²) in [6.45, 7) is 2.96. The van der Waals surface area contributed by atoms with Crippen molar-refractivity contribution in [3.05, 3.63) is 17.0 Å².